The number of hydrogen-bond acceptors (Lipinski definition) is 4. The molecule has 31 heavy (non-hydrogen) atoms. The molecule has 1 amide bonds. The zero-order valence-electron chi connectivity index (χ0n) is 17.1. The van der Waals surface area contributed by atoms with Crippen LogP contribution in [-0.4, -0.2) is 27.5 Å². The van der Waals surface area contributed by atoms with Gasteiger partial charge in [-0.15, -0.1) is 0 Å². The quantitative estimate of drug-likeness (QED) is 0.535. The van der Waals surface area contributed by atoms with Gasteiger partial charge >= 0.3 is 0 Å². The molecule has 162 valence electrons. The van der Waals surface area contributed by atoms with Crippen LogP contribution >= 0.6 is 11.6 Å². The Bertz CT molecular complexity index is 1100. The summed E-state index contributed by atoms with van der Waals surface area (Å²) in [5, 5.41) is 3.10. The molecule has 0 heterocycles. The first-order valence-electron chi connectivity index (χ1n) is 9.58. The molecule has 8 heteroatoms. The number of sulfonamides is 1. The molecule has 0 aliphatic rings. The van der Waals surface area contributed by atoms with Crippen LogP contribution < -0.4 is 14.8 Å². The average Bonchev–Trinajstić information content (AvgIpc) is 2.78. The van der Waals surface area contributed by atoms with E-state index < -0.39 is 28.0 Å². The molecule has 0 bridgehead atoms. The summed E-state index contributed by atoms with van der Waals surface area (Å²) in [7, 11) is -2.53. The molecule has 2 N–H and O–H groups in total. The minimum Gasteiger partial charge on any atom is -0.495 e. The second-order valence-electron chi connectivity index (χ2n) is 6.90. The molecule has 0 aromatic heterocycles. The van der Waals surface area contributed by atoms with Gasteiger partial charge in [0, 0.05) is 0 Å². The number of carbonyl (C=O) groups is 1. The Kier molecular flexibility index (Phi) is 7.33. The highest BCUT2D eigenvalue weighted by Gasteiger charge is 2.25. The van der Waals surface area contributed by atoms with Crippen LogP contribution in [0.5, 0.6) is 5.75 Å². The first-order chi connectivity index (χ1) is 14.8. The van der Waals surface area contributed by atoms with E-state index in [-0.39, 0.29) is 9.92 Å². The maximum absolute atomic E-state index is 12.9. The minimum atomic E-state index is -3.97. The highest BCUT2D eigenvalue weighted by molar-refractivity contribution is 7.89. The summed E-state index contributed by atoms with van der Waals surface area (Å²) in [6.07, 6.45) is 0. The Morgan fingerprint density at radius 1 is 0.935 bits per heavy atom. The second kappa shape index (κ2) is 9.96. The van der Waals surface area contributed by atoms with E-state index in [1.54, 1.807) is 0 Å². The third-order valence-electron chi connectivity index (χ3n) is 4.71. The SMILES string of the molecule is COc1ccc(S(=O)(=O)N[C@@H](C)C(=O)NC(c2ccccc2)c2ccccc2)cc1Cl. The van der Waals surface area contributed by atoms with E-state index in [1.165, 1.54) is 32.2 Å². The molecular weight excluding hydrogens is 436 g/mol. The largest absolute Gasteiger partial charge is 0.495 e. The lowest BCUT2D eigenvalue weighted by Gasteiger charge is -2.22. The smallest absolute Gasteiger partial charge is 0.241 e. The summed E-state index contributed by atoms with van der Waals surface area (Å²) in [6.45, 7) is 1.49. The third-order valence-corrected chi connectivity index (χ3v) is 6.54. The van der Waals surface area contributed by atoms with Crippen LogP contribution in [-0.2, 0) is 14.8 Å². The Morgan fingerprint density at radius 3 is 1.97 bits per heavy atom. The summed E-state index contributed by atoms with van der Waals surface area (Å²) in [4.78, 5) is 12.8. The van der Waals surface area contributed by atoms with Gasteiger partial charge in [0.05, 0.1) is 29.1 Å². The normalized spacial score (nSPS) is 12.4. The standard InChI is InChI=1S/C23H23ClN2O4S/c1-16(26-31(28,29)19-13-14-21(30-2)20(24)15-19)23(27)25-22(17-9-5-3-6-10-17)18-11-7-4-8-12-18/h3-16,22,26H,1-2H3,(H,25,27)/t16-/m0/s1. The van der Waals surface area contributed by atoms with Gasteiger partial charge in [-0.2, -0.15) is 4.72 Å². The number of methoxy groups -OCH3 is 1. The fraction of sp³-hybridized carbons (Fsp3) is 0.174. The lowest BCUT2D eigenvalue weighted by molar-refractivity contribution is -0.122. The van der Waals surface area contributed by atoms with Crippen LogP contribution in [0, 0.1) is 0 Å². The van der Waals surface area contributed by atoms with Crippen molar-refractivity contribution in [2.24, 2.45) is 0 Å². The second-order valence-corrected chi connectivity index (χ2v) is 9.02. The first-order valence-corrected chi connectivity index (χ1v) is 11.4. The van der Waals surface area contributed by atoms with Crippen molar-refractivity contribution in [2.45, 2.75) is 23.9 Å². The summed E-state index contributed by atoms with van der Waals surface area (Å²) < 4.78 is 32.9. The lowest BCUT2D eigenvalue weighted by atomic mass is 9.98. The zero-order chi connectivity index (χ0) is 22.4. The molecule has 0 saturated carbocycles. The molecule has 0 radical (unpaired) electrons. The van der Waals surface area contributed by atoms with E-state index >= 15 is 0 Å². The zero-order valence-corrected chi connectivity index (χ0v) is 18.7. The van der Waals surface area contributed by atoms with E-state index in [2.05, 4.69) is 10.0 Å². The van der Waals surface area contributed by atoms with E-state index in [0.29, 0.717) is 5.75 Å². The number of ether oxygens (including phenoxy) is 1. The maximum Gasteiger partial charge on any atom is 0.241 e. The van der Waals surface area contributed by atoms with Gasteiger partial charge in [-0.25, -0.2) is 8.42 Å². The Morgan fingerprint density at radius 2 is 1.48 bits per heavy atom. The van der Waals surface area contributed by atoms with Gasteiger partial charge in [0.25, 0.3) is 0 Å². The maximum atomic E-state index is 12.9. The molecule has 0 aliphatic carbocycles. The number of nitrogens with one attached hydrogen (secondary N) is 2. The summed E-state index contributed by atoms with van der Waals surface area (Å²) in [5.74, 6) is -0.0964. The molecule has 0 spiro atoms. The molecule has 6 nitrogen and oxygen atoms in total. The Hall–Kier alpha value is -2.87. The molecule has 0 unspecified atom stereocenters. The van der Waals surface area contributed by atoms with Crippen molar-refractivity contribution in [3.05, 3.63) is 95.0 Å². The topological polar surface area (TPSA) is 84.5 Å². The van der Waals surface area contributed by atoms with Gasteiger partial charge in [-0.05, 0) is 36.2 Å². The van der Waals surface area contributed by atoms with Crippen molar-refractivity contribution in [1.29, 1.82) is 0 Å². The van der Waals surface area contributed by atoms with Crippen LogP contribution in [0.1, 0.15) is 24.1 Å². The Balaban J connectivity index is 1.78. The highest BCUT2D eigenvalue weighted by Crippen LogP contribution is 2.27. The van der Waals surface area contributed by atoms with Gasteiger partial charge in [0.15, 0.2) is 0 Å². The fourth-order valence-corrected chi connectivity index (χ4v) is 4.64. The Labute approximate surface area is 187 Å². The number of rotatable bonds is 8. The van der Waals surface area contributed by atoms with E-state index in [9.17, 15) is 13.2 Å². The van der Waals surface area contributed by atoms with Crippen molar-refractivity contribution < 1.29 is 17.9 Å². The molecule has 0 saturated heterocycles. The molecule has 1 atom stereocenters. The van der Waals surface area contributed by atoms with Crippen LogP contribution in [0.2, 0.25) is 5.02 Å². The summed E-state index contributed by atoms with van der Waals surface area (Å²) >= 11 is 6.04. The number of amides is 1. The van der Waals surface area contributed by atoms with Crippen molar-refractivity contribution in [2.75, 3.05) is 7.11 Å². The average molecular weight is 459 g/mol. The van der Waals surface area contributed by atoms with Crippen molar-refractivity contribution in [3.8, 4) is 5.75 Å². The van der Waals surface area contributed by atoms with Gasteiger partial charge in [0.2, 0.25) is 15.9 Å². The number of hydrogen-bond donors (Lipinski definition) is 2. The molecule has 3 aromatic carbocycles. The minimum absolute atomic E-state index is 0.0550. The van der Waals surface area contributed by atoms with Gasteiger partial charge in [-0.1, -0.05) is 72.3 Å². The van der Waals surface area contributed by atoms with Crippen molar-refractivity contribution in [1.82, 2.24) is 10.0 Å². The van der Waals surface area contributed by atoms with Crippen molar-refractivity contribution >= 4 is 27.5 Å². The lowest BCUT2D eigenvalue weighted by Crippen LogP contribution is -2.46. The van der Waals surface area contributed by atoms with Crippen LogP contribution in [0.4, 0.5) is 0 Å². The predicted octanol–water partition coefficient (Wildman–Crippen LogP) is 3.92. The van der Waals surface area contributed by atoms with Gasteiger partial charge < -0.3 is 10.1 Å². The first kappa shape index (κ1) is 22.8. The van der Waals surface area contributed by atoms with Gasteiger partial charge in [-0.3, -0.25) is 4.79 Å². The molecule has 0 aliphatic heterocycles. The molecular formula is C23H23ClN2O4S. The summed E-state index contributed by atoms with van der Waals surface area (Å²) in [6, 6.07) is 21.6. The van der Waals surface area contributed by atoms with Crippen LogP contribution in [0.3, 0.4) is 0 Å². The van der Waals surface area contributed by atoms with Crippen molar-refractivity contribution in [3.63, 3.8) is 0 Å². The molecule has 3 rings (SSSR count). The monoisotopic (exact) mass is 458 g/mol. The number of carbonyl (C=O) groups excluding carboxylic acids is 1. The van der Waals surface area contributed by atoms with Crippen LogP contribution in [0.15, 0.2) is 83.8 Å². The van der Waals surface area contributed by atoms with E-state index in [4.69, 9.17) is 16.3 Å². The van der Waals surface area contributed by atoms with Crippen LogP contribution in [0.25, 0.3) is 0 Å². The molecule has 3 aromatic rings. The highest BCUT2D eigenvalue weighted by atomic mass is 35.5. The summed E-state index contributed by atoms with van der Waals surface area (Å²) in [5.41, 5.74) is 1.78. The van der Waals surface area contributed by atoms with Gasteiger partial charge in [0.1, 0.15) is 5.75 Å². The third kappa shape index (κ3) is 5.64. The number of benzene rings is 3. The predicted molar refractivity (Wildman–Crippen MR) is 121 cm³/mol. The fourth-order valence-electron chi connectivity index (χ4n) is 3.09. The molecule has 0 fully saturated rings. The van der Waals surface area contributed by atoms with E-state index in [0.717, 1.165) is 11.1 Å². The van der Waals surface area contributed by atoms with E-state index in [1.807, 2.05) is 60.7 Å². The number of halogens is 1.